The summed E-state index contributed by atoms with van der Waals surface area (Å²) in [5.41, 5.74) is -0.134. The van der Waals surface area contributed by atoms with Crippen LogP contribution in [-0.4, -0.2) is 5.78 Å². The molecule has 1 aromatic heterocycles. The minimum atomic E-state index is -0.654. The van der Waals surface area contributed by atoms with Crippen LogP contribution in [0, 0.1) is 11.6 Å². The van der Waals surface area contributed by atoms with Crippen LogP contribution in [0.4, 0.5) is 8.78 Å². The van der Waals surface area contributed by atoms with E-state index in [1.54, 1.807) is 6.07 Å². The van der Waals surface area contributed by atoms with Gasteiger partial charge in [-0.05, 0) is 30.3 Å². The average Bonchev–Trinajstić information content (AvgIpc) is 2.86. The van der Waals surface area contributed by atoms with E-state index in [9.17, 15) is 13.6 Å². The van der Waals surface area contributed by atoms with Crippen LogP contribution in [0.5, 0.6) is 0 Å². The van der Waals surface area contributed by atoms with E-state index in [0.29, 0.717) is 9.86 Å². The number of halogens is 3. The van der Waals surface area contributed by atoms with Crippen LogP contribution < -0.4 is 0 Å². The summed E-state index contributed by atoms with van der Waals surface area (Å²) in [5, 5.41) is 0.462. The van der Waals surface area contributed by atoms with Gasteiger partial charge in [0.15, 0.2) is 17.2 Å². The van der Waals surface area contributed by atoms with Crippen molar-refractivity contribution in [3.05, 3.63) is 69.9 Å². The topological polar surface area (TPSA) is 30.2 Å². The number of hydrogen-bond acceptors (Lipinski definition) is 2. The van der Waals surface area contributed by atoms with Crippen molar-refractivity contribution in [1.29, 1.82) is 0 Å². The highest BCUT2D eigenvalue weighted by Gasteiger charge is 2.19. The maximum Gasteiger partial charge on any atom is 0.231 e. The van der Waals surface area contributed by atoms with E-state index in [1.165, 1.54) is 36.4 Å². The third-order valence-electron chi connectivity index (χ3n) is 2.89. The molecule has 0 aliphatic rings. The largest absolute Gasteiger partial charge is 0.449 e. The SMILES string of the molecule is O=C(c1cc2cccc(F)c2o1)c1cc(Br)ccc1F. The van der Waals surface area contributed by atoms with E-state index < -0.39 is 17.4 Å². The second kappa shape index (κ2) is 4.83. The van der Waals surface area contributed by atoms with Crippen molar-refractivity contribution in [3.63, 3.8) is 0 Å². The van der Waals surface area contributed by atoms with Crippen molar-refractivity contribution < 1.29 is 18.0 Å². The molecule has 0 aliphatic heterocycles. The van der Waals surface area contributed by atoms with Gasteiger partial charge in [-0.2, -0.15) is 0 Å². The van der Waals surface area contributed by atoms with Crippen molar-refractivity contribution in [1.82, 2.24) is 0 Å². The average molecular weight is 337 g/mol. The molecule has 0 atom stereocenters. The Hall–Kier alpha value is -2.01. The highest BCUT2D eigenvalue weighted by atomic mass is 79.9. The van der Waals surface area contributed by atoms with Crippen molar-refractivity contribution in [2.45, 2.75) is 0 Å². The van der Waals surface area contributed by atoms with Gasteiger partial charge in [-0.1, -0.05) is 28.1 Å². The zero-order chi connectivity index (χ0) is 14.3. The summed E-state index contributed by atoms with van der Waals surface area (Å²) in [6, 6.07) is 9.81. The van der Waals surface area contributed by atoms with E-state index in [-0.39, 0.29) is 16.9 Å². The van der Waals surface area contributed by atoms with Crippen LogP contribution in [0.3, 0.4) is 0 Å². The molecule has 0 unspecified atom stereocenters. The predicted molar refractivity (Wildman–Crippen MR) is 73.7 cm³/mol. The Labute approximate surface area is 121 Å². The maximum atomic E-state index is 13.7. The van der Waals surface area contributed by atoms with Gasteiger partial charge in [0.25, 0.3) is 0 Å². The normalized spacial score (nSPS) is 10.9. The van der Waals surface area contributed by atoms with E-state index in [4.69, 9.17) is 4.42 Å². The lowest BCUT2D eigenvalue weighted by Crippen LogP contribution is -2.02. The van der Waals surface area contributed by atoms with E-state index in [0.717, 1.165) is 0 Å². The molecule has 1 heterocycles. The fourth-order valence-corrected chi connectivity index (χ4v) is 2.30. The quantitative estimate of drug-likeness (QED) is 0.634. The zero-order valence-corrected chi connectivity index (χ0v) is 11.6. The number of carbonyl (C=O) groups excluding carboxylic acids is 1. The molecular formula is C15H7BrF2O2. The molecule has 20 heavy (non-hydrogen) atoms. The minimum Gasteiger partial charge on any atom is -0.449 e. The highest BCUT2D eigenvalue weighted by molar-refractivity contribution is 9.10. The van der Waals surface area contributed by atoms with E-state index in [1.807, 2.05) is 0 Å². The number of benzene rings is 2. The van der Waals surface area contributed by atoms with Gasteiger partial charge in [0, 0.05) is 9.86 Å². The Morgan fingerprint density at radius 1 is 1.05 bits per heavy atom. The monoisotopic (exact) mass is 336 g/mol. The van der Waals surface area contributed by atoms with Crippen LogP contribution in [-0.2, 0) is 0 Å². The third-order valence-corrected chi connectivity index (χ3v) is 3.39. The first-order valence-electron chi connectivity index (χ1n) is 5.74. The second-order valence-electron chi connectivity index (χ2n) is 4.22. The van der Waals surface area contributed by atoms with E-state index in [2.05, 4.69) is 15.9 Å². The standard InChI is InChI=1S/C15H7BrF2O2/c16-9-4-5-11(17)10(7-9)14(19)13-6-8-2-1-3-12(18)15(8)20-13/h1-7H. The van der Waals surface area contributed by atoms with Gasteiger partial charge < -0.3 is 4.42 Å². The molecule has 0 amide bonds. The molecule has 0 saturated heterocycles. The van der Waals surface area contributed by atoms with Gasteiger partial charge in [0.05, 0.1) is 5.56 Å². The number of furan rings is 1. The van der Waals surface area contributed by atoms with Crippen molar-refractivity contribution in [3.8, 4) is 0 Å². The molecule has 0 saturated carbocycles. The Bertz CT molecular complexity index is 824. The molecule has 2 aromatic carbocycles. The minimum absolute atomic E-state index is 0.00810. The number of carbonyl (C=O) groups is 1. The highest BCUT2D eigenvalue weighted by Crippen LogP contribution is 2.25. The summed E-state index contributed by atoms with van der Waals surface area (Å²) < 4.78 is 33.0. The Balaban J connectivity index is 2.13. The lowest BCUT2D eigenvalue weighted by molar-refractivity contribution is 0.101. The van der Waals surface area contributed by atoms with E-state index >= 15 is 0 Å². The Kier molecular flexibility index (Phi) is 3.14. The molecule has 0 radical (unpaired) electrons. The Morgan fingerprint density at radius 2 is 1.85 bits per heavy atom. The van der Waals surface area contributed by atoms with Gasteiger partial charge in [-0.15, -0.1) is 0 Å². The summed E-state index contributed by atoms with van der Waals surface area (Å²) in [4.78, 5) is 12.2. The molecule has 5 heteroatoms. The number of ketones is 1. The Morgan fingerprint density at radius 3 is 2.60 bits per heavy atom. The van der Waals surface area contributed by atoms with Gasteiger partial charge in [0.1, 0.15) is 5.82 Å². The molecule has 0 spiro atoms. The first-order chi connectivity index (χ1) is 9.56. The first-order valence-corrected chi connectivity index (χ1v) is 6.53. The summed E-state index contributed by atoms with van der Waals surface area (Å²) in [6.45, 7) is 0. The van der Waals surface area contributed by atoms with Crippen LogP contribution in [0.1, 0.15) is 16.1 Å². The smallest absolute Gasteiger partial charge is 0.231 e. The molecular weight excluding hydrogens is 330 g/mol. The second-order valence-corrected chi connectivity index (χ2v) is 5.14. The van der Waals surface area contributed by atoms with Crippen LogP contribution in [0.2, 0.25) is 0 Å². The molecule has 3 rings (SSSR count). The lowest BCUT2D eigenvalue weighted by Gasteiger charge is -2.00. The van der Waals surface area contributed by atoms with Gasteiger partial charge in [-0.3, -0.25) is 4.79 Å². The predicted octanol–water partition coefficient (Wildman–Crippen LogP) is 4.70. The molecule has 0 fully saturated rings. The van der Waals surface area contributed by atoms with Gasteiger partial charge in [-0.25, -0.2) is 8.78 Å². The van der Waals surface area contributed by atoms with Gasteiger partial charge in [0.2, 0.25) is 5.78 Å². The van der Waals surface area contributed by atoms with Crippen molar-refractivity contribution in [2.75, 3.05) is 0 Å². The van der Waals surface area contributed by atoms with Crippen molar-refractivity contribution in [2.24, 2.45) is 0 Å². The number of hydrogen-bond donors (Lipinski definition) is 0. The summed E-state index contributed by atoms with van der Waals surface area (Å²) >= 11 is 3.17. The number of para-hydroxylation sites is 1. The number of fused-ring (bicyclic) bond motifs is 1. The lowest BCUT2D eigenvalue weighted by atomic mass is 10.1. The summed E-state index contributed by atoms with van der Waals surface area (Å²) in [6.07, 6.45) is 0. The van der Waals surface area contributed by atoms with Crippen molar-refractivity contribution >= 4 is 32.7 Å². The molecule has 100 valence electrons. The maximum absolute atomic E-state index is 13.7. The van der Waals surface area contributed by atoms with Gasteiger partial charge >= 0.3 is 0 Å². The third kappa shape index (κ3) is 2.14. The molecule has 2 nitrogen and oxygen atoms in total. The van der Waals surface area contributed by atoms with Crippen LogP contribution in [0.25, 0.3) is 11.0 Å². The molecule has 0 bridgehead atoms. The fraction of sp³-hybridized carbons (Fsp3) is 0. The summed E-state index contributed by atoms with van der Waals surface area (Å²) in [5.74, 6) is -1.93. The molecule has 0 aliphatic carbocycles. The molecule has 3 aromatic rings. The van der Waals surface area contributed by atoms with Crippen LogP contribution >= 0.6 is 15.9 Å². The summed E-state index contributed by atoms with van der Waals surface area (Å²) in [7, 11) is 0. The molecule has 0 N–H and O–H groups in total. The number of rotatable bonds is 2. The first kappa shape index (κ1) is 13.0. The fourth-order valence-electron chi connectivity index (χ4n) is 1.94. The van der Waals surface area contributed by atoms with Crippen LogP contribution in [0.15, 0.2) is 51.4 Å². The zero-order valence-electron chi connectivity index (χ0n) is 9.99.